The van der Waals surface area contributed by atoms with E-state index >= 15 is 0 Å². The summed E-state index contributed by atoms with van der Waals surface area (Å²) in [5.74, 6) is -0.598. The second kappa shape index (κ2) is 6.90. The van der Waals surface area contributed by atoms with Crippen LogP contribution >= 0.6 is 11.6 Å². The van der Waals surface area contributed by atoms with Gasteiger partial charge in [-0.15, -0.1) is 10.2 Å². The van der Waals surface area contributed by atoms with Gasteiger partial charge in [-0.2, -0.15) is 0 Å². The van der Waals surface area contributed by atoms with Crippen LogP contribution in [-0.4, -0.2) is 16.1 Å². The average Bonchev–Trinajstić information content (AvgIpc) is 3.05. The Morgan fingerprint density at radius 3 is 2.84 bits per heavy atom. The van der Waals surface area contributed by atoms with Crippen LogP contribution in [0.3, 0.4) is 0 Å². The fraction of sp³-hybridized carbons (Fsp3) is 0.118. The first-order valence-corrected chi connectivity index (χ1v) is 7.74. The Bertz CT molecular complexity index is 942. The van der Waals surface area contributed by atoms with Crippen molar-refractivity contribution in [3.63, 3.8) is 0 Å². The Hall–Kier alpha value is -2.93. The summed E-state index contributed by atoms with van der Waals surface area (Å²) in [5, 5.41) is 11.4. The van der Waals surface area contributed by atoms with Gasteiger partial charge in [0.1, 0.15) is 5.82 Å². The van der Waals surface area contributed by atoms with Gasteiger partial charge in [-0.3, -0.25) is 4.79 Å². The lowest BCUT2D eigenvalue weighted by Crippen LogP contribution is -2.13. The molecule has 6 nitrogen and oxygen atoms in total. The predicted molar refractivity (Wildman–Crippen MR) is 91.7 cm³/mol. The monoisotopic (exact) mass is 360 g/mol. The van der Waals surface area contributed by atoms with E-state index < -0.39 is 11.7 Å². The van der Waals surface area contributed by atoms with Crippen LogP contribution in [0, 0.1) is 12.7 Å². The first kappa shape index (κ1) is 16.9. The van der Waals surface area contributed by atoms with E-state index in [-0.39, 0.29) is 12.1 Å². The van der Waals surface area contributed by atoms with Crippen LogP contribution in [-0.2, 0) is 6.54 Å². The number of halogens is 2. The van der Waals surface area contributed by atoms with E-state index in [2.05, 4.69) is 15.5 Å². The molecule has 3 N–H and O–H groups in total. The highest BCUT2D eigenvalue weighted by Gasteiger charge is 2.13. The van der Waals surface area contributed by atoms with Gasteiger partial charge in [0, 0.05) is 27.4 Å². The van der Waals surface area contributed by atoms with Crippen molar-refractivity contribution < 1.29 is 13.6 Å². The molecule has 0 aliphatic heterocycles. The molecule has 0 aliphatic carbocycles. The molecule has 3 rings (SSSR count). The number of amides is 1. The largest absolute Gasteiger partial charge is 0.419 e. The van der Waals surface area contributed by atoms with E-state index in [1.54, 1.807) is 31.2 Å². The molecule has 0 spiro atoms. The van der Waals surface area contributed by atoms with E-state index in [4.69, 9.17) is 21.8 Å². The maximum Gasteiger partial charge on any atom is 0.248 e. The molecular weight excluding hydrogens is 347 g/mol. The minimum atomic E-state index is -0.706. The van der Waals surface area contributed by atoms with E-state index in [9.17, 15) is 9.18 Å². The van der Waals surface area contributed by atoms with Gasteiger partial charge in [0.2, 0.25) is 17.7 Å². The molecule has 0 saturated carbocycles. The number of carbonyl (C=O) groups excluding carboxylic acids is 1. The number of nitrogens with zero attached hydrogens (tertiary/aromatic N) is 2. The third-order valence-electron chi connectivity index (χ3n) is 3.60. The molecule has 0 atom stereocenters. The van der Waals surface area contributed by atoms with Crippen molar-refractivity contribution in [3.05, 3.63) is 64.3 Å². The standard InChI is InChI=1S/C17H14ClFN4O2/c1-9-13(19)6-11(16(20)24)7-14(9)21-8-15-22-23-17(25-15)10-3-2-4-12(18)5-10/h2-7,21H,8H2,1H3,(H2,20,24). The number of carbonyl (C=O) groups is 1. The van der Waals surface area contributed by atoms with Gasteiger partial charge >= 0.3 is 0 Å². The van der Waals surface area contributed by atoms with E-state index in [0.29, 0.717) is 33.6 Å². The van der Waals surface area contributed by atoms with Gasteiger partial charge in [0.05, 0.1) is 6.54 Å². The highest BCUT2D eigenvalue weighted by atomic mass is 35.5. The normalized spacial score (nSPS) is 10.7. The lowest BCUT2D eigenvalue weighted by Gasteiger charge is -2.10. The second-order valence-electron chi connectivity index (χ2n) is 5.36. The number of anilines is 1. The molecule has 0 saturated heterocycles. The first-order valence-electron chi connectivity index (χ1n) is 7.36. The van der Waals surface area contributed by atoms with Crippen LogP contribution in [0.4, 0.5) is 10.1 Å². The smallest absolute Gasteiger partial charge is 0.248 e. The Morgan fingerprint density at radius 1 is 1.32 bits per heavy atom. The van der Waals surface area contributed by atoms with Gasteiger partial charge in [-0.1, -0.05) is 17.7 Å². The van der Waals surface area contributed by atoms with Crippen LogP contribution < -0.4 is 11.1 Å². The molecule has 8 heteroatoms. The Kier molecular flexibility index (Phi) is 4.67. The fourth-order valence-corrected chi connectivity index (χ4v) is 2.43. The number of primary amides is 1. The lowest BCUT2D eigenvalue weighted by molar-refractivity contribution is 0.1000. The van der Waals surface area contributed by atoms with Gasteiger partial charge < -0.3 is 15.5 Å². The molecule has 25 heavy (non-hydrogen) atoms. The number of rotatable bonds is 5. The number of aromatic nitrogens is 2. The maximum atomic E-state index is 13.9. The average molecular weight is 361 g/mol. The SMILES string of the molecule is Cc1c(F)cc(C(N)=O)cc1NCc1nnc(-c2cccc(Cl)c2)o1. The van der Waals surface area contributed by atoms with Crippen LogP contribution in [0.15, 0.2) is 40.8 Å². The number of benzene rings is 2. The zero-order valence-corrected chi connectivity index (χ0v) is 14.0. The van der Waals surface area contributed by atoms with Crippen molar-refractivity contribution in [2.75, 3.05) is 5.32 Å². The number of hydrogen-bond acceptors (Lipinski definition) is 5. The molecule has 3 aromatic rings. The molecule has 0 fully saturated rings. The topological polar surface area (TPSA) is 94.0 Å². The van der Waals surface area contributed by atoms with Gasteiger partial charge in [-0.25, -0.2) is 4.39 Å². The molecule has 2 aromatic carbocycles. The third-order valence-corrected chi connectivity index (χ3v) is 3.83. The Balaban J connectivity index is 1.78. The van der Waals surface area contributed by atoms with E-state index in [1.807, 2.05) is 0 Å². The van der Waals surface area contributed by atoms with E-state index in [1.165, 1.54) is 6.07 Å². The predicted octanol–water partition coefficient (Wildman–Crippen LogP) is 3.55. The quantitative estimate of drug-likeness (QED) is 0.725. The molecule has 1 amide bonds. The van der Waals surface area contributed by atoms with Crippen molar-refractivity contribution >= 4 is 23.2 Å². The summed E-state index contributed by atoms with van der Waals surface area (Å²) < 4.78 is 19.4. The molecule has 0 bridgehead atoms. The fourth-order valence-electron chi connectivity index (χ4n) is 2.24. The molecular formula is C17H14ClFN4O2. The zero-order chi connectivity index (χ0) is 18.0. The van der Waals surface area contributed by atoms with Gasteiger partial charge in [-0.05, 0) is 37.3 Å². The minimum Gasteiger partial charge on any atom is -0.419 e. The summed E-state index contributed by atoms with van der Waals surface area (Å²) in [6, 6.07) is 9.62. The van der Waals surface area contributed by atoms with Crippen molar-refractivity contribution in [1.82, 2.24) is 10.2 Å². The van der Waals surface area contributed by atoms with Crippen LogP contribution in [0.5, 0.6) is 0 Å². The van der Waals surface area contributed by atoms with Gasteiger partial charge in [0.15, 0.2) is 0 Å². The molecule has 0 radical (unpaired) electrons. The van der Waals surface area contributed by atoms with Crippen LogP contribution in [0.1, 0.15) is 21.8 Å². The van der Waals surface area contributed by atoms with Crippen molar-refractivity contribution in [3.8, 4) is 11.5 Å². The van der Waals surface area contributed by atoms with Gasteiger partial charge in [0.25, 0.3) is 0 Å². The zero-order valence-electron chi connectivity index (χ0n) is 13.2. The summed E-state index contributed by atoms with van der Waals surface area (Å²) >= 11 is 5.94. The van der Waals surface area contributed by atoms with Crippen LogP contribution in [0.25, 0.3) is 11.5 Å². The maximum absolute atomic E-state index is 13.9. The molecule has 0 unspecified atom stereocenters. The highest BCUT2D eigenvalue weighted by molar-refractivity contribution is 6.30. The number of nitrogens with two attached hydrogens (primary N) is 1. The third kappa shape index (κ3) is 3.77. The summed E-state index contributed by atoms with van der Waals surface area (Å²) in [4.78, 5) is 11.3. The number of hydrogen-bond donors (Lipinski definition) is 2. The van der Waals surface area contributed by atoms with Crippen molar-refractivity contribution in [2.24, 2.45) is 5.73 Å². The minimum absolute atomic E-state index is 0.0794. The molecule has 1 heterocycles. The lowest BCUT2D eigenvalue weighted by atomic mass is 10.1. The van der Waals surface area contributed by atoms with Crippen molar-refractivity contribution in [1.29, 1.82) is 0 Å². The van der Waals surface area contributed by atoms with Crippen molar-refractivity contribution in [2.45, 2.75) is 13.5 Å². The summed E-state index contributed by atoms with van der Waals surface area (Å²) in [6.07, 6.45) is 0. The summed E-state index contributed by atoms with van der Waals surface area (Å²) in [6.45, 7) is 1.75. The molecule has 0 aliphatic rings. The summed E-state index contributed by atoms with van der Waals surface area (Å²) in [7, 11) is 0. The highest BCUT2D eigenvalue weighted by Crippen LogP contribution is 2.23. The number of nitrogens with one attached hydrogen (secondary N) is 1. The second-order valence-corrected chi connectivity index (χ2v) is 5.80. The Morgan fingerprint density at radius 2 is 2.12 bits per heavy atom. The Labute approximate surface area is 147 Å². The summed E-state index contributed by atoms with van der Waals surface area (Å²) in [5.41, 5.74) is 6.77. The molecule has 128 valence electrons. The van der Waals surface area contributed by atoms with E-state index in [0.717, 1.165) is 6.07 Å². The molecule has 1 aromatic heterocycles. The first-order chi connectivity index (χ1) is 11.9. The van der Waals surface area contributed by atoms with Crippen LogP contribution in [0.2, 0.25) is 5.02 Å².